The molecule has 1 aliphatic heterocycles. The van der Waals surface area contributed by atoms with E-state index in [4.69, 9.17) is 9.47 Å². The van der Waals surface area contributed by atoms with Gasteiger partial charge in [0.05, 0.1) is 13.2 Å². The number of rotatable bonds is 5. The highest BCUT2D eigenvalue weighted by molar-refractivity contribution is 5.27. The zero-order valence-corrected chi connectivity index (χ0v) is 11.3. The van der Waals surface area contributed by atoms with Gasteiger partial charge in [0, 0.05) is 25.4 Å². The average molecular weight is 249 g/mol. The Morgan fingerprint density at radius 1 is 1.22 bits per heavy atom. The molecule has 0 unspecified atom stereocenters. The fraction of sp³-hybridized carbons (Fsp3) is 0.600. The van der Waals surface area contributed by atoms with Crippen molar-refractivity contribution in [3.8, 4) is 5.75 Å². The summed E-state index contributed by atoms with van der Waals surface area (Å²) in [5.74, 6) is 0.968. The topological polar surface area (TPSA) is 30.5 Å². The maximum absolute atomic E-state index is 5.94. The van der Waals surface area contributed by atoms with Crippen molar-refractivity contribution in [2.45, 2.75) is 45.4 Å². The zero-order chi connectivity index (χ0) is 12.8. The van der Waals surface area contributed by atoms with Gasteiger partial charge >= 0.3 is 0 Å². The van der Waals surface area contributed by atoms with Gasteiger partial charge < -0.3 is 14.8 Å². The number of hydrogen-bond donors (Lipinski definition) is 1. The van der Waals surface area contributed by atoms with Crippen LogP contribution in [0.5, 0.6) is 5.75 Å². The third-order valence-corrected chi connectivity index (χ3v) is 3.11. The van der Waals surface area contributed by atoms with Gasteiger partial charge in [0.1, 0.15) is 11.9 Å². The first-order valence-electron chi connectivity index (χ1n) is 6.81. The Bertz CT molecular complexity index is 342. The quantitative estimate of drug-likeness (QED) is 0.870. The monoisotopic (exact) mass is 249 g/mol. The molecule has 3 heteroatoms. The predicted octanol–water partition coefficient (Wildman–Crippen LogP) is 2.74. The van der Waals surface area contributed by atoms with E-state index in [9.17, 15) is 0 Å². The maximum Gasteiger partial charge on any atom is 0.119 e. The molecule has 18 heavy (non-hydrogen) atoms. The van der Waals surface area contributed by atoms with Crippen LogP contribution < -0.4 is 10.1 Å². The molecule has 1 fully saturated rings. The van der Waals surface area contributed by atoms with E-state index >= 15 is 0 Å². The molecule has 1 aromatic rings. The molecular formula is C15H23NO2. The first-order valence-corrected chi connectivity index (χ1v) is 6.81. The highest BCUT2D eigenvalue weighted by Crippen LogP contribution is 2.18. The SMILES string of the molecule is CC(C)NCc1ccc(OC2CCOCC2)cc1. The van der Waals surface area contributed by atoms with Gasteiger partial charge in [-0.25, -0.2) is 0 Å². The minimum atomic E-state index is 0.318. The molecule has 0 bridgehead atoms. The van der Waals surface area contributed by atoms with Crippen molar-refractivity contribution in [1.29, 1.82) is 0 Å². The van der Waals surface area contributed by atoms with E-state index in [-0.39, 0.29) is 0 Å². The lowest BCUT2D eigenvalue weighted by molar-refractivity contribution is 0.0255. The molecule has 2 rings (SSSR count). The second kappa shape index (κ2) is 6.76. The maximum atomic E-state index is 5.94. The van der Waals surface area contributed by atoms with Gasteiger partial charge in [0.15, 0.2) is 0 Å². The summed E-state index contributed by atoms with van der Waals surface area (Å²) in [4.78, 5) is 0. The van der Waals surface area contributed by atoms with Crippen LogP contribution in [0.1, 0.15) is 32.3 Å². The molecule has 0 radical (unpaired) electrons. The Hall–Kier alpha value is -1.06. The van der Waals surface area contributed by atoms with Gasteiger partial charge in [-0.2, -0.15) is 0 Å². The fourth-order valence-corrected chi connectivity index (χ4v) is 1.99. The Labute approximate surface area is 109 Å². The molecule has 0 spiro atoms. The molecule has 0 aromatic heterocycles. The molecule has 1 aromatic carbocycles. The van der Waals surface area contributed by atoms with Crippen LogP contribution >= 0.6 is 0 Å². The standard InChI is InChI=1S/C15H23NO2/c1-12(2)16-11-13-3-5-14(6-4-13)18-15-7-9-17-10-8-15/h3-6,12,15-16H,7-11H2,1-2H3. The summed E-state index contributed by atoms with van der Waals surface area (Å²) in [6.07, 6.45) is 2.31. The minimum Gasteiger partial charge on any atom is -0.490 e. The van der Waals surface area contributed by atoms with E-state index in [1.165, 1.54) is 5.56 Å². The molecular weight excluding hydrogens is 226 g/mol. The average Bonchev–Trinajstić information content (AvgIpc) is 2.39. The van der Waals surface area contributed by atoms with Crippen LogP contribution in [0.25, 0.3) is 0 Å². The summed E-state index contributed by atoms with van der Waals surface area (Å²) >= 11 is 0. The first-order chi connectivity index (χ1) is 8.74. The van der Waals surface area contributed by atoms with Crippen molar-refractivity contribution in [3.05, 3.63) is 29.8 Å². The van der Waals surface area contributed by atoms with Crippen molar-refractivity contribution in [3.63, 3.8) is 0 Å². The molecule has 1 saturated heterocycles. The number of ether oxygens (including phenoxy) is 2. The molecule has 0 saturated carbocycles. The van der Waals surface area contributed by atoms with E-state index in [1.807, 2.05) is 0 Å². The lowest BCUT2D eigenvalue weighted by atomic mass is 10.1. The highest BCUT2D eigenvalue weighted by atomic mass is 16.5. The molecule has 1 aliphatic rings. The third kappa shape index (κ3) is 4.31. The van der Waals surface area contributed by atoms with Crippen molar-refractivity contribution in [2.75, 3.05) is 13.2 Å². The van der Waals surface area contributed by atoms with Gasteiger partial charge in [-0.3, -0.25) is 0 Å². The van der Waals surface area contributed by atoms with E-state index in [0.29, 0.717) is 12.1 Å². The summed E-state index contributed by atoms with van der Waals surface area (Å²) in [5.41, 5.74) is 1.29. The molecule has 1 heterocycles. The van der Waals surface area contributed by atoms with Crippen LogP contribution in [0.15, 0.2) is 24.3 Å². The summed E-state index contributed by atoms with van der Waals surface area (Å²) in [7, 11) is 0. The van der Waals surface area contributed by atoms with E-state index in [0.717, 1.165) is 38.3 Å². The Kier molecular flexibility index (Phi) is 5.02. The van der Waals surface area contributed by atoms with Crippen LogP contribution in [-0.2, 0) is 11.3 Å². The van der Waals surface area contributed by atoms with Crippen LogP contribution in [0.4, 0.5) is 0 Å². The lowest BCUT2D eigenvalue weighted by Crippen LogP contribution is -2.25. The van der Waals surface area contributed by atoms with Gasteiger partial charge in [-0.05, 0) is 17.7 Å². The molecule has 0 amide bonds. The molecule has 3 nitrogen and oxygen atoms in total. The second-order valence-corrected chi connectivity index (χ2v) is 5.11. The predicted molar refractivity (Wildman–Crippen MR) is 72.9 cm³/mol. The van der Waals surface area contributed by atoms with E-state index in [1.54, 1.807) is 0 Å². The molecule has 0 aliphatic carbocycles. The van der Waals surface area contributed by atoms with Gasteiger partial charge in [0.25, 0.3) is 0 Å². The Morgan fingerprint density at radius 2 is 1.89 bits per heavy atom. The summed E-state index contributed by atoms with van der Waals surface area (Å²) in [5, 5.41) is 3.41. The number of hydrogen-bond acceptors (Lipinski definition) is 3. The van der Waals surface area contributed by atoms with Gasteiger partial charge in [-0.15, -0.1) is 0 Å². The van der Waals surface area contributed by atoms with E-state index < -0.39 is 0 Å². The summed E-state index contributed by atoms with van der Waals surface area (Å²) in [6.45, 7) is 6.86. The van der Waals surface area contributed by atoms with Gasteiger partial charge in [0.2, 0.25) is 0 Å². The second-order valence-electron chi connectivity index (χ2n) is 5.11. The third-order valence-electron chi connectivity index (χ3n) is 3.11. The van der Waals surface area contributed by atoms with Gasteiger partial charge in [-0.1, -0.05) is 26.0 Å². The molecule has 0 atom stereocenters. The first kappa shape index (κ1) is 13.4. The molecule has 1 N–H and O–H groups in total. The Balaban J connectivity index is 1.83. The summed E-state index contributed by atoms with van der Waals surface area (Å²) in [6, 6.07) is 8.90. The largest absolute Gasteiger partial charge is 0.490 e. The van der Waals surface area contributed by atoms with Crippen LogP contribution in [0.3, 0.4) is 0 Å². The van der Waals surface area contributed by atoms with Crippen molar-refractivity contribution >= 4 is 0 Å². The van der Waals surface area contributed by atoms with Crippen LogP contribution in [0, 0.1) is 0 Å². The Morgan fingerprint density at radius 3 is 2.50 bits per heavy atom. The fourth-order valence-electron chi connectivity index (χ4n) is 1.99. The minimum absolute atomic E-state index is 0.318. The van der Waals surface area contributed by atoms with Crippen molar-refractivity contribution in [2.24, 2.45) is 0 Å². The smallest absolute Gasteiger partial charge is 0.119 e. The van der Waals surface area contributed by atoms with Crippen molar-refractivity contribution < 1.29 is 9.47 Å². The van der Waals surface area contributed by atoms with Crippen molar-refractivity contribution in [1.82, 2.24) is 5.32 Å². The summed E-state index contributed by atoms with van der Waals surface area (Å²) < 4.78 is 11.3. The van der Waals surface area contributed by atoms with E-state index in [2.05, 4.69) is 43.4 Å². The lowest BCUT2D eigenvalue weighted by Gasteiger charge is -2.23. The van der Waals surface area contributed by atoms with Crippen LogP contribution in [0.2, 0.25) is 0 Å². The highest BCUT2D eigenvalue weighted by Gasteiger charge is 2.14. The zero-order valence-electron chi connectivity index (χ0n) is 11.3. The molecule has 100 valence electrons. The van der Waals surface area contributed by atoms with Crippen LogP contribution in [-0.4, -0.2) is 25.4 Å². The number of nitrogens with one attached hydrogen (secondary N) is 1. The normalized spacial score (nSPS) is 17.1. The number of benzene rings is 1.